The second-order valence-corrected chi connectivity index (χ2v) is 12.7. The number of carbonyl (C=O) groups is 1. The van der Waals surface area contributed by atoms with Gasteiger partial charge in [-0.1, -0.05) is 24.3 Å². The van der Waals surface area contributed by atoms with Gasteiger partial charge in [0, 0.05) is 88.5 Å². The van der Waals surface area contributed by atoms with Gasteiger partial charge in [0.15, 0.2) is 0 Å². The van der Waals surface area contributed by atoms with Crippen molar-refractivity contribution in [2.24, 2.45) is 0 Å². The maximum Gasteiger partial charge on any atom is 0.410 e. The Kier molecular flexibility index (Phi) is 8.06. The van der Waals surface area contributed by atoms with Crippen LogP contribution in [0.3, 0.4) is 0 Å². The standard InChI is InChI=1S/C31H40N8O4/c1-31(2,3)43-30(40)38-20-25(21-38)36-16-14-35(15-17-36)24-18-37(19-24)29-33-27-7-5-4-6-26(27)28(34-29)32-13-12-22-8-10-23(11-9-22)39(41)42/h4-11,24-25H,12-21H2,1-3H3,(H,32,33,34). The second kappa shape index (κ2) is 11.9. The molecule has 1 N–H and O–H groups in total. The number of likely N-dealkylation sites (tertiary alicyclic amines) is 1. The Hall–Kier alpha value is -4.03. The summed E-state index contributed by atoms with van der Waals surface area (Å²) in [5.41, 5.74) is 1.57. The molecule has 0 radical (unpaired) electrons. The van der Waals surface area contributed by atoms with Crippen LogP contribution in [-0.2, 0) is 11.2 Å². The zero-order valence-electron chi connectivity index (χ0n) is 25.1. The number of carbonyl (C=O) groups excluding carboxylic acids is 1. The number of para-hydroxylation sites is 1. The van der Waals surface area contributed by atoms with Crippen LogP contribution in [0.1, 0.15) is 26.3 Å². The number of nitro groups is 1. The largest absolute Gasteiger partial charge is 0.444 e. The summed E-state index contributed by atoms with van der Waals surface area (Å²) in [6.45, 7) is 13.7. The van der Waals surface area contributed by atoms with Gasteiger partial charge in [-0.05, 0) is 44.9 Å². The van der Waals surface area contributed by atoms with Crippen LogP contribution in [0.2, 0.25) is 0 Å². The van der Waals surface area contributed by atoms with E-state index in [0.29, 0.717) is 18.6 Å². The predicted molar refractivity (Wildman–Crippen MR) is 166 cm³/mol. The molecule has 12 nitrogen and oxygen atoms in total. The highest BCUT2D eigenvalue weighted by atomic mass is 16.6. The number of non-ortho nitro benzene ring substituents is 1. The van der Waals surface area contributed by atoms with E-state index in [0.717, 1.165) is 87.0 Å². The Labute approximate surface area is 251 Å². The summed E-state index contributed by atoms with van der Waals surface area (Å²) in [4.78, 5) is 41.7. The average molecular weight is 589 g/mol. The number of hydrogen-bond acceptors (Lipinski definition) is 10. The quantitative estimate of drug-likeness (QED) is 0.309. The summed E-state index contributed by atoms with van der Waals surface area (Å²) in [7, 11) is 0. The molecule has 3 aliphatic heterocycles. The number of rotatable bonds is 8. The minimum Gasteiger partial charge on any atom is -0.444 e. The third kappa shape index (κ3) is 6.65. The first-order valence-corrected chi connectivity index (χ1v) is 15.1. The van der Waals surface area contributed by atoms with Gasteiger partial charge in [0.1, 0.15) is 11.4 Å². The zero-order chi connectivity index (χ0) is 30.1. The molecule has 0 saturated carbocycles. The lowest BCUT2D eigenvalue weighted by molar-refractivity contribution is -0.384. The third-order valence-corrected chi connectivity index (χ3v) is 8.49. The highest BCUT2D eigenvalue weighted by Gasteiger charge is 2.40. The normalized spacial score (nSPS) is 18.8. The van der Waals surface area contributed by atoms with Crippen molar-refractivity contribution in [3.05, 3.63) is 64.2 Å². The van der Waals surface area contributed by atoms with Gasteiger partial charge in [0.25, 0.3) is 5.69 Å². The fourth-order valence-corrected chi connectivity index (χ4v) is 5.93. The zero-order valence-corrected chi connectivity index (χ0v) is 25.1. The first-order valence-electron chi connectivity index (χ1n) is 15.1. The monoisotopic (exact) mass is 588 g/mol. The molecule has 2 aromatic carbocycles. The molecule has 1 amide bonds. The van der Waals surface area contributed by atoms with Crippen molar-refractivity contribution in [3.8, 4) is 0 Å². The SMILES string of the molecule is CC(C)(C)OC(=O)N1CC(N2CCN(C3CN(c4nc(NCCc5ccc([N+](=O)[O-])cc5)c5ccccc5n4)C3)CC2)C1. The molecule has 3 aliphatic rings. The van der Waals surface area contributed by atoms with Crippen molar-refractivity contribution in [1.29, 1.82) is 0 Å². The van der Waals surface area contributed by atoms with Crippen LogP contribution in [0.25, 0.3) is 10.9 Å². The van der Waals surface area contributed by atoms with Crippen molar-refractivity contribution in [3.63, 3.8) is 0 Å². The molecular weight excluding hydrogens is 548 g/mol. The molecule has 0 aliphatic carbocycles. The van der Waals surface area contributed by atoms with Crippen LogP contribution >= 0.6 is 0 Å². The second-order valence-electron chi connectivity index (χ2n) is 12.7. The Bertz CT molecular complexity index is 1460. The number of fused-ring (bicyclic) bond motifs is 1. The van der Waals surface area contributed by atoms with Gasteiger partial charge in [-0.15, -0.1) is 0 Å². The number of anilines is 2. The van der Waals surface area contributed by atoms with Crippen molar-refractivity contribution in [2.75, 3.05) is 69.1 Å². The Morgan fingerprint density at radius 2 is 1.58 bits per heavy atom. The van der Waals surface area contributed by atoms with Crippen molar-refractivity contribution >= 4 is 34.4 Å². The van der Waals surface area contributed by atoms with Crippen molar-refractivity contribution in [1.82, 2.24) is 24.7 Å². The Morgan fingerprint density at radius 3 is 2.21 bits per heavy atom. The number of hydrogen-bond donors (Lipinski definition) is 1. The summed E-state index contributed by atoms with van der Waals surface area (Å²) in [5, 5.41) is 15.4. The number of aromatic nitrogens is 2. The lowest BCUT2D eigenvalue weighted by atomic mass is 10.0. The molecule has 43 heavy (non-hydrogen) atoms. The summed E-state index contributed by atoms with van der Waals surface area (Å²) in [6.07, 6.45) is 0.513. The molecule has 0 bridgehead atoms. The van der Waals surface area contributed by atoms with Crippen LogP contribution in [-0.4, -0.2) is 112 Å². The number of nitrogens with one attached hydrogen (secondary N) is 1. The van der Waals surface area contributed by atoms with Crippen molar-refractivity contribution < 1.29 is 14.5 Å². The lowest BCUT2D eigenvalue weighted by Crippen LogP contribution is -2.67. The lowest BCUT2D eigenvalue weighted by Gasteiger charge is -2.51. The number of nitro benzene ring substituents is 1. The molecule has 3 saturated heterocycles. The fourth-order valence-electron chi connectivity index (χ4n) is 5.93. The number of piperazine rings is 1. The van der Waals surface area contributed by atoms with E-state index >= 15 is 0 Å². The molecule has 3 aromatic rings. The Balaban J connectivity index is 0.994. The van der Waals surface area contributed by atoms with Gasteiger partial charge in [-0.25, -0.2) is 9.78 Å². The van der Waals surface area contributed by atoms with E-state index in [1.165, 1.54) is 0 Å². The maximum absolute atomic E-state index is 12.3. The molecular formula is C31H40N8O4. The molecule has 12 heteroatoms. The summed E-state index contributed by atoms with van der Waals surface area (Å²) in [6, 6.07) is 15.6. The minimum absolute atomic E-state index is 0.0999. The topological polar surface area (TPSA) is 120 Å². The van der Waals surface area contributed by atoms with Crippen molar-refractivity contribution in [2.45, 2.75) is 44.9 Å². The van der Waals surface area contributed by atoms with E-state index in [2.05, 4.69) is 20.0 Å². The first-order chi connectivity index (χ1) is 20.6. The van der Waals surface area contributed by atoms with Gasteiger partial charge >= 0.3 is 6.09 Å². The first kappa shape index (κ1) is 29.1. The van der Waals surface area contributed by atoms with Crippen LogP contribution < -0.4 is 10.2 Å². The number of amides is 1. The van der Waals surface area contributed by atoms with E-state index in [9.17, 15) is 14.9 Å². The molecule has 0 spiro atoms. The van der Waals surface area contributed by atoms with E-state index in [1.54, 1.807) is 29.2 Å². The van der Waals surface area contributed by atoms with E-state index in [-0.39, 0.29) is 16.7 Å². The fraction of sp³-hybridized carbons (Fsp3) is 0.516. The van der Waals surface area contributed by atoms with Crippen LogP contribution in [0.15, 0.2) is 48.5 Å². The van der Waals surface area contributed by atoms with Crippen LogP contribution in [0.5, 0.6) is 0 Å². The molecule has 0 unspecified atom stereocenters. The van der Waals surface area contributed by atoms with Gasteiger partial charge < -0.3 is 19.9 Å². The smallest absolute Gasteiger partial charge is 0.410 e. The van der Waals surface area contributed by atoms with E-state index in [4.69, 9.17) is 14.7 Å². The molecule has 4 heterocycles. The Morgan fingerprint density at radius 1 is 0.953 bits per heavy atom. The minimum atomic E-state index is -0.461. The maximum atomic E-state index is 12.3. The molecule has 0 atom stereocenters. The number of benzene rings is 2. The molecule has 1 aromatic heterocycles. The highest BCUT2D eigenvalue weighted by molar-refractivity contribution is 5.90. The third-order valence-electron chi connectivity index (χ3n) is 8.49. The van der Waals surface area contributed by atoms with Crippen LogP contribution in [0.4, 0.5) is 22.2 Å². The number of nitrogens with zero attached hydrogens (tertiary/aromatic N) is 7. The molecule has 6 rings (SSSR count). The van der Waals surface area contributed by atoms with Gasteiger partial charge in [-0.3, -0.25) is 19.9 Å². The number of ether oxygens (including phenoxy) is 1. The molecule has 228 valence electrons. The summed E-state index contributed by atoms with van der Waals surface area (Å²) in [5.74, 6) is 1.55. The van der Waals surface area contributed by atoms with Gasteiger partial charge in [0.05, 0.1) is 10.4 Å². The van der Waals surface area contributed by atoms with Gasteiger partial charge in [-0.2, -0.15) is 4.98 Å². The average Bonchev–Trinajstić information content (AvgIpc) is 2.91. The highest BCUT2D eigenvalue weighted by Crippen LogP contribution is 2.28. The summed E-state index contributed by atoms with van der Waals surface area (Å²) >= 11 is 0. The molecule has 3 fully saturated rings. The van der Waals surface area contributed by atoms with Crippen LogP contribution in [0, 0.1) is 10.1 Å². The summed E-state index contributed by atoms with van der Waals surface area (Å²) < 4.78 is 5.50. The van der Waals surface area contributed by atoms with E-state index in [1.807, 2.05) is 45.0 Å². The van der Waals surface area contributed by atoms with Gasteiger partial charge in [0.2, 0.25) is 5.95 Å². The predicted octanol–water partition coefficient (Wildman–Crippen LogP) is 3.62. The van der Waals surface area contributed by atoms with E-state index < -0.39 is 5.60 Å².